The smallest absolute Gasteiger partial charge is 0.253 e. The molecule has 1 amide bonds. The molecule has 0 saturated carbocycles. The lowest BCUT2D eigenvalue weighted by molar-refractivity contribution is 0.0621. The average Bonchev–Trinajstić information content (AvgIpc) is 3.14. The van der Waals surface area contributed by atoms with Crippen LogP contribution >= 0.6 is 0 Å². The normalized spacial score (nSPS) is 24.7. The van der Waals surface area contributed by atoms with E-state index in [9.17, 15) is 4.79 Å². The SMILES string of the molecule is O=C(NC1CN2CCC1CC2)c1cccc2oc(-c3ccccc3)nc12. The molecule has 3 fully saturated rings. The van der Waals surface area contributed by atoms with Crippen molar-refractivity contribution < 1.29 is 9.21 Å². The van der Waals surface area contributed by atoms with E-state index in [0.717, 1.165) is 25.2 Å². The molecule has 1 unspecified atom stereocenters. The van der Waals surface area contributed by atoms with Gasteiger partial charge in [0.05, 0.1) is 5.56 Å². The molecule has 3 aliphatic rings. The molecule has 1 aromatic heterocycles. The number of oxazole rings is 1. The summed E-state index contributed by atoms with van der Waals surface area (Å²) < 4.78 is 5.88. The van der Waals surface area contributed by atoms with E-state index >= 15 is 0 Å². The highest BCUT2D eigenvalue weighted by atomic mass is 16.3. The number of carbonyl (C=O) groups excluding carboxylic acids is 1. The van der Waals surface area contributed by atoms with Gasteiger partial charge < -0.3 is 14.6 Å². The largest absolute Gasteiger partial charge is 0.436 e. The number of para-hydroxylation sites is 1. The number of piperidine rings is 3. The number of benzene rings is 2. The number of hydrogen-bond donors (Lipinski definition) is 1. The van der Waals surface area contributed by atoms with Crippen LogP contribution in [0.4, 0.5) is 0 Å². The van der Waals surface area contributed by atoms with Gasteiger partial charge in [0.1, 0.15) is 5.52 Å². The Hall–Kier alpha value is -2.66. The van der Waals surface area contributed by atoms with Crippen molar-refractivity contribution in [1.29, 1.82) is 0 Å². The van der Waals surface area contributed by atoms with Gasteiger partial charge in [-0.15, -0.1) is 0 Å². The Labute approximate surface area is 152 Å². The van der Waals surface area contributed by atoms with Crippen molar-refractivity contribution in [2.24, 2.45) is 5.92 Å². The fraction of sp³-hybridized carbons (Fsp3) is 0.333. The molecular formula is C21H21N3O2. The van der Waals surface area contributed by atoms with Crippen molar-refractivity contribution in [2.75, 3.05) is 19.6 Å². The van der Waals surface area contributed by atoms with Gasteiger partial charge in [0.25, 0.3) is 5.91 Å². The Kier molecular flexibility index (Phi) is 3.75. The van der Waals surface area contributed by atoms with Crippen LogP contribution in [0.3, 0.4) is 0 Å². The van der Waals surface area contributed by atoms with Crippen LogP contribution < -0.4 is 5.32 Å². The second kappa shape index (κ2) is 6.25. The zero-order chi connectivity index (χ0) is 17.5. The minimum absolute atomic E-state index is 0.0535. The second-order valence-electron chi connectivity index (χ2n) is 7.26. The van der Waals surface area contributed by atoms with Crippen LogP contribution in [0, 0.1) is 5.92 Å². The van der Waals surface area contributed by atoms with Gasteiger partial charge in [-0.1, -0.05) is 24.3 Å². The molecule has 1 N–H and O–H groups in total. The zero-order valence-corrected chi connectivity index (χ0v) is 14.5. The maximum atomic E-state index is 12.9. The van der Waals surface area contributed by atoms with Gasteiger partial charge in [0.15, 0.2) is 5.58 Å². The monoisotopic (exact) mass is 347 g/mol. The number of fused-ring (bicyclic) bond motifs is 4. The molecule has 26 heavy (non-hydrogen) atoms. The first-order valence-corrected chi connectivity index (χ1v) is 9.26. The quantitative estimate of drug-likeness (QED) is 0.790. The first kappa shape index (κ1) is 15.6. The predicted octanol–water partition coefficient (Wildman–Crippen LogP) is 3.32. The third kappa shape index (κ3) is 2.69. The maximum absolute atomic E-state index is 12.9. The highest BCUT2D eigenvalue weighted by Gasteiger charge is 2.35. The molecule has 5 nitrogen and oxygen atoms in total. The van der Waals surface area contributed by atoms with Crippen LogP contribution in [-0.2, 0) is 0 Å². The van der Waals surface area contributed by atoms with Crippen LogP contribution in [0.15, 0.2) is 52.9 Å². The Bertz CT molecular complexity index is 942. The van der Waals surface area contributed by atoms with E-state index in [1.165, 1.54) is 12.8 Å². The highest BCUT2D eigenvalue weighted by molar-refractivity contribution is 6.05. The van der Waals surface area contributed by atoms with Gasteiger partial charge in [-0.3, -0.25) is 4.79 Å². The Morgan fingerprint density at radius 2 is 1.88 bits per heavy atom. The molecule has 2 bridgehead atoms. The van der Waals surface area contributed by atoms with Crippen LogP contribution in [0.5, 0.6) is 0 Å². The molecule has 132 valence electrons. The van der Waals surface area contributed by atoms with E-state index in [1.54, 1.807) is 0 Å². The first-order valence-electron chi connectivity index (χ1n) is 9.26. The van der Waals surface area contributed by atoms with E-state index in [4.69, 9.17) is 4.42 Å². The minimum atomic E-state index is -0.0535. The van der Waals surface area contributed by atoms with E-state index in [-0.39, 0.29) is 11.9 Å². The lowest BCUT2D eigenvalue weighted by Gasteiger charge is -2.44. The third-order valence-electron chi connectivity index (χ3n) is 5.66. The summed E-state index contributed by atoms with van der Waals surface area (Å²) >= 11 is 0. The molecule has 0 radical (unpaired) electrons. The van der Waals surface area contributed by atoms with Crippen LogP contribution in [0.2, 0.25) is 0 Å². The number of amides is 1. The molecule has 3 aromatic rings. The molecule has 3 saturated heterocycles. The standard InChI is InChI=1S/C21H21N3O2/c25-20(22-17-13-24-11-9-14(17)10-12-24)16-7-4-8-18-19(16)23-21(26-18)15-5-2-1-3-6-15/h1-8,14,17H,9-13H2,(H,22,25). The Morgan fingerprint density at radius 3 is 2.62 bits per heavy atom. The molecule has 0 spiro atoms. The van der Waals surface area contributed by atoms with Gasteiger partial charge in [-0.2, -0.15) is 0 Å². The van der Waals surface area contributed by atoms with Gasteiger partial charge in [-0.25, -0.2) is 4.98 Å². The van der Waals surface area contributed by atoms with Crippen molar-refractivity contribution in [3.8, 4) is 11.5 Å². The molecule has 3 aliphatic heterocycles. The van der Waals surface area contributed by atoms with E-state index in [2.05, 4.69) is 15.2 Å². The number of hydrogen-bond acceptors (Lipinski definition) is 4. The summed E-state index contributed by atoms with van der Waals surface area (Å²) in [4.78, 5) is 20.0. The zero-order valence-electron chi connectivity index (χ0n) is 14.5. The van der Waals surface area contributed by atoms with Gasteiger partial charge in [0.2, 0.25) is 5.89 Å². The maximum Gasteiger partial charge on any atom is 0.253 e. The molecule has 2 aromatic carbocycles. The van der Waals surface area contributed by atoms with Crippen LogP contribution in [0.1, 0.15) is 23.2 Å². The summed E-state index contributed by atoms with van der Waals surface area (Å²) in [6, 6.07) is 15.6. The summed E-state index contributed by atoms with van der Waals surface area (Å²) in [5, 5.41) is 3.25. The number of aromatic nitrogens is 1. The summed E-state index contributed by atoms with van der Waals surface area (Å²) in [7, 11) is 0. The van der Waals surface area contributed by atoms with E-state index in [0.29, 0.717) is 28.5 Å². The molecule has 0 aliphatic carbocycles. The highest BCUT2D eigenvalue weighted by Crippen LogP contribution is 2.29. The van der Waals surface area contributed by atoms with E-state index < -0.39 is 0 Å². The lowest BCUT2D eigenvalue weighted by Crippen LogP contribution is -2.57. The van der Waals surface area contributed by atoms with Gasteiger partial charge >= 0.3 is 0 Å². The van der Waals surface area contributed by atoms with Crippen LogP contribution in [0.25, 0.3) is 22.6 Å². The Balaban J connectivity index is 1.45. The number of rotatable bonds is 3. The average molecular weight is 347 g/mol. The number of nitrogens with zero attached hydrogens (tertiary/aromatic N) is 2. The molecule has 1 atom stereocenters. The first-order chi connectivity index (χ1) is 12.8. The van der Waals surface area contributed by atoms with Crippen molar-refractivity contribution in [1.82, 2.24) is 15.2 Å². The summed E-state index contributed by atoms with van der Waals surface area (Å²) in [5.74, 6) is 1.09. The van der Waals surface area contributed by atoms with Crippen molar-refractivity contribution >= 4 is 17.0 Å². The summed E-state index contributed by atoms with van der Waals surface area (Å²) in [6.45, 7) is 3.28. The molecule has 5 heteroatoms. The summed E-state index contributed by atoms with van der Waals surface area (Å²) in [6.07, 6.45) is 2.36. The van der Waals surface area contributed by atoms with Crippen molar-refractivity contribution in [2.45, 2.75) is 18.9 Å². The Morgan fingerprint density at radius 1 is 1.08 bits per heavy atom. The predicted molar refractivity (Wildman–Crippen MR) is 99.9 cm³/mol. The second-order valence-corrected chi connectivity index (χ2v) is 7.26. The molecular weight excluding hydrogens is 326 g/mol. The fourth-order valence-electron chi connectivity index (χ4n) is 4.21. The van der Waals surface area contributed by atoms with Gasteiger partial charge in [0, 0.05) is 18.2 Å². The molecule has 4 heterocycles. The van der Waals surface area contributed by atoms with Crippen molar-refractivity contribution in [3.05, 3.63) is 54.1 Å². The third-order valence-corrected chi connectivity index (χ3v) is 5.66. The van der Waals surface area contributed by atoms with Gasteiger partial charge in [-0.05, 0) is 56.1 Å². The number of carbonyl (C=O) groups is 1. The van der Waals surface area contributed by atoms with E-state index in [1.807, 2.05) is 48.5 Å². The fourth-order valence-corrected chi connectivity index (χ4v) is 4.21. The minimum Gasteiger partial charge on any atom is -0.436 e. The topological polar surface area (TPSA) is 58.4 Å². The van der Waals surface area contributed by atoms with Crippen molar-refractivity contribution in [3.63, 3.8) is 0 Å². The van der Waals surface area contributed by atoms with Crippen LogP contribution in [-0.4, -0.2) is 41.5 Å². The summed E-state index contributed by atoms with van der Waals surface area (Å²) in [5.41, 5.74) is 2.77. The lowest BCUT2D eigenvalue weighted by atomic mass is 9.84. The molecule has 6 rings (SSSR count). The number of nitrogens with one attached hydrogen (secondary N) is 1.